The van der Waals surface area contributed by atoms with Gasteiger partial charge >= 0.3 is 5.69 Å². The van der Waals surface area contributed by atoms with E-state index in [1.54, 1.807) is 0 Å². The monoisotopic (exact) mass is 275 g/mol. The molecule has 0 unspecified atom stereocenters. The van der Waals surface area contributed by atoms with E-state index >= 15 is 0 Å². The van der Waals surface area contributed by atoms with Crippen LogP contribution in [-0.2, 0) is 0 Å². The number of rotatable bonds is 3. The molecule has 1 aromatic carbocycles. The summed E-state index contributed by atoms with van der Waals surface area (Å²) < 4.78 is 4.99. The SMILES string of the molecule is COc1c(Br)cc(C=O)c(O)c1[N+](=O)[O-]. The number of hydrogen-bond donors (Lipinski definition) is 1. The van der Waals surface area contributed by atoms with Gasteiger partial charge in [0.1, 0.15) is 0 Å². The highest BCUT2D eigenvalue weighted by atomic mass is 79.9. The Morgan fingerprint density at radius 1 is 1.67 bits per heavy atom. The van der Waals surface area contributed by atoms with Crippen molar-refractivity contribution in [1.82, 2.24) is 0 Å². The van der Waals surface area contributed by atoms with E-state index in [9.17, 15) is 20.0 Å². The third kappa shape index (κ3) is 1.91. The zero-order valence-corrected chi connectivity index (χ0v) is 9.15. The molecule has 0 saturated carbocycles. The summed E-state index contributed by atoms with van der Waals surface area (Å²) in [6, 6.07) is 1.24. The number of halogens is 1. The molecular weight excluding hydrogens is 270 g/mol. The Hall–Kier alpha value is -1.63. The number of nitro groups is 1. The minimum Gasteiger partial charge on any atom is -0.501 e. The standard InChI is InChI=1S/C8H6BrNO5/c1-15-8-5(9)2-4(3-11)7(12)6(8)10(13)14/h2-3,12H,1H3. The average Bonchev–Trinajstić information content (AvgIpc) is 2.19. The fourth-order valence-electron chi connectivity index (χ4n) is 1.08. The number of nitrogens with zero attached hydrogens (tertiary/aromatic N) is 1. The van der Waals surface area contributed by atoms with Crippen LogP contribution in [0, 0.1) is 10.1 Å². The maximum Gasteiger partial charge on any atom is 0.354 e. The maximum absolute atomic E-state index is 10.7. The van der Waals surface area contributed by atoms with Crippen LogP contribution in [0.25, 0.3) is 0 Å². The Morgan fingerprint density at radius 3 is 2.67 bits per heavy atom. The Morgan fingerprint density at radius 2 is 2.27 bits per heavy atom. The molecule has 0 aliphatic carbocycles. The van der Waals surface area contributed by atoms with Crippen LogP contribution in [0.2, 0.25) is 0 Å². The number of aldehydes is 1. The predicted molar refractivity (Wildman–Crippen MR) is 54.4 cm³/mol. The first-order chi connectivity index (χ1) is 7.02. The quantitative estimate of drug-likeness (QED) is 0.517. The summed E-state index contributed by atoms with van der Waals surface area (Å²) in [5, 5.41) is 20.1. The maximum atomic E-state index is 10.7. The first-order valence-corrected chi connectivity index (χ1v) is 4.51. The van der Waals surface area contributed by atoms with Crippen molar-refractivity contribution in [3.63, 3.8) is 0 Å². The van der Waals surface area contributed by atoms with Crippen molar-refractivity contribution in [2.75, 3.05) is 7.11 Å². The Labute approximate surface area is 92.8 Å². The molecule has 0 amide bonds. The van der Waals surface area contributed by atoms with E-state index in [1.165, 1.54) is 13.2 Å². The number of benzene rings is 1. The lowest BCUT2D eigenvalue weighted by atomic mass is 10.2. The van der Waals surface area contributed by atoms with Gasteiger partial charge in [-0.25, -0.2) is 0 Å². The summed E-state index contributed by atoms with van der Waals surface area (Å²) in [5.74, 6) is -0.821. The number of methoxy groups -OCH3 is 1. The van der Waals surface area contributed by atoms with Crippen LogP contribution in [0.1, 0.15) is 10.4 Å². The van der Waals surface area contributed by atoms with Crippen LogP contribution < -0.4 is 4.74 Å². The van der Waals surface area contributed by atoms with Gasteiger partial charge in [-0.1, -0.05) is 0 Å². The number of carbonyl (C=O) groups is 1. The van der Waals surface area contributed by atoms with E-state index in [2.05, 4.69) is 15.9 Å². The summed E-state index contributed by atoms with van der Waals surface area (Å²) in [7, 11) is 1.23. The van der Waals surface area contributed by atoms with Crippen molar-refractivity contribution in [3.05, 3.63) is 26.2 Å². The molecule has 1 aromatic rings. The molecule has 0 atom stereocenters. The number of hydrogen-bond acceptors (Lipinski definition) is 5. The van der Waals surface area contributed by atoms with Crippen molar-refractivity contribution in [2.24, 2.45) is 0 Å². The second kappa shape index (κ2) is 4.26. The van der Waals surface area contributed by atoms with Crippen molar-refractivity contribution in [3.8, 4) is 11.5 Å². The molecule has 0 fully saturated rings. The molecule has 0 radical (unpaired) electrons. The molecule has 0 heterocycles. The second-order valence-electron chi connectivity index (χ2n) is 2.55. The van der Waals surface area contributed by atoms with E-state index in [4.69, 9.17) is 4.74 Å². The molecule has 0 aromatic heterocycles. The van der Waals surface area contributed by atoms with Gasteiger partial charge in [0.15, 0.2) is 6.29 Å². The van der Waals surface area contributed by atoms with Gasteiger partial charge in [-0.2, -0.15) is 0 Å². The molecule has 1 rings (SSSR count). The lowest BCUT2D eigenvalue weighted by Crippen LogP contribution is -1.97. The van der Waals surface area contributed by atoms with Gasteiger partial charge in [0.2, 0.25) is 11.5 Å². The molecule has 6 nitrogen and oxygen atoms in total. The molecule has 0 spiro atoms. The number of nitro benzene ring substituents is 1. The van der Waals surface area contributed by atoms with Crippen LogP contribution in [-0.4, -0.2) is 23.4 Å². The summed E-state index contributed by atoms with van der Waals surface area (Å²) in [6.07, 6.45) is 0.326. The highest BCUT2D eigenvalue weighted by Gasteiger charge is 2.26. The lowest BCUT2D eigenvalue weighted by Gasteiger charge is -2.06. The molecule has 15 heavy (non-hydrogen) atoms. The minimum atomic E-state index is -0.814. The number of phenols is 1. The Kier molecular flexibility index (Phi) is 3.25. The molecule has 0 saturated heterocycles. The van der Waals surface area contributed by atoms with Gasteiger partial charge < -0.3 is 9.84 Å². The molecule has 0 aliphatic rings. The Bertz CT molecular complexity index is 432. The molecule has 7 heteroatoms. The van der Waals surface area contributed by atoms with Crippen molar-refractivity contribution < 1.29 is 19.6 Å². The smallest absolute Gasteiger partial charge is 0.354 e. The summed E-state index contributed by atoms with van der Waals surface area (Å²) in [5.41, 5.74) is -0.802. The van der Waals surface area contributed by atoms with Crippen molar-refractivity contribution in [2.45, 2.75) is 0 Å². The van der Waals surface area contributed by atoms with E-state index in [-0.39, 0.29) is 15.8 Å². The third-order valence-electron chi connectivity index (χ3n) is 1.73. The van der Waals surface area contributed by atoms with E-state index in [1.807, 2.05) is 0 Å². The number of aromatic hydroxyl groups is 1. The highest BCUT2D eigenvalue weighted by Crippen LogP contribution is 2.43. The van der Waals surface area contributed by atoms with Crippen LogP contribution in [0.4, 0.5) is 5.69 Å². The summed E-state index contributed by atoms with van der Waals surface area (Å²) >= 11 is 3.00. The highest BCUT2D eigenvalue weighted by molar-refractivity contribution is 9.10. The van der Waals surface area contributed by atoms with E-state index in [0.29, 0.717) is 6.29 Å². The number of phenolic OH excluding ortho intramolecular Hbond substituents is 1. The largest absolute Gasteiger partial charge is 0.501 e. The minimum absolute atomic E-state index is 0.122. The predicted octanol–water partition coefficient (Wildman–Crippen LogP) is 1.88. The van der Waals surface area contributed by atoms with E-state index < -0.39 is 16.4 Å². The van der Waals surface area contributed by atoms with Gasteiger partial charge in [-0.3, -0.25) is 14.9 Å². The fourth-order valence-corrected chi connectivity index (χ4v) is 1.68. The molecule has 1 N–H and O–H groups in total. The third-order valence-corrected chi connectivity index (χ3v) is 2.31. The molecule has 80 valence electrons. The van der Waals surface area contributed by atoms with Gasteiger partial charge in [-0.15, -0.1) is 0 Å². The topological polar surface area (TPSA) is 89.7 Å². The van der Waals surface area contributed by atoms with E-state index in [0.717, 1.165) is 0 Å². The number of carbonyl (C=O) groups excluding carboxylic acids is 1. The molecule has 0 bridgehead atoms. The van der Waals surface area contributed by atoms with Gasteiger partial charge in [0.25, 0.3) is 0 Å². The van der Waals surface area contributed by atoms with Gasteiger partial charge in [0.05, 0.1) is 22.1 Å². The van der Waals surface area contributed by atoms with Crippen LogP contribution in [0.15, 0.2) is 10.5 Å². The molecule has 0 aliphatic heterocycles. The van der Waals surface area contributed by atoms with Crippen LogP contribution in [0.5, 0.6) is 11.5 Å². The zero-order chi connectivity index (χ0) is 11.6. The Balaban J connectivity index is 3.62. The summed E-state index contributed by atoms with van der Waals surface area (Å²) in [4.78, 5) is 20.3. The first kappa shape index (κ1) is 11.4. The average molecular weight is 276 g/mol. The molecular formula is C8H6BrNO5. The number of ether oxygens (including phenoxy) is 1. The van der Waals surface area contributed by atoms with Gasteiger partial charge in [0, 0.05) is 0 Å². The van der Waals surface area contributed by atoms with Gasteiger partial charge in [-0.05, 0) is 22.0 Å². The van der Waals surface area contributed by atoms with Crippen molar-refractivity contribution in [1.29, 1.82) is 0 Å². The normalized spacial score (nSPS) is 9.73. The first-order valence-electron chi connectivity index (χ1n) is 3.72. The van der Waals surface area contributed by atoms with Crippen LogP contribution in [0.3, 0.4) is 0 Å². The van der Waals surface area contributed by atoms with Crippen molar-refractivity contribution >= 4 is 27.9 Å². The fraction of sp³-hybridized carbons (Fsp3) is 0.125. The zero-order valence-electron chi connectivity index (χ0n) is 7.56. The summed E-state index contributed by atoms with van der Waals surface area (Å²) in [6.45, 7) is 0. The van der Waals surface area contributed by atoms with Crippen LogP contribution >= 0.6 is 15.9 Å². The lowest BCUT2D eigenvalue weighted by molar-refractivity contribution is -0.386. The second-order valence-corrected chi connectivity index (χ2v) is 3.41.